The molecule has 0 atom stereocenters. The Balaban J connectivity index is 2.22. The summed E-state index contributed by atoms with van der Waals surface area (Å²) in [7, 11) is 2.00. The van der Waals surface area contributed by atoms with E-state index >= 15 is 0 Å². The van der Waals surface area contributed by atoms with Crippen LogP contribution in [0.3, 0.4) is 0 Å². The Kier molecular flexibility index (Phi) is 4.03. The minimum atomic E-state index is -0.118. The topological polar surface area (TPSA) is 61.6 Å². The fourth-order valence-electron chi connectivity index (χ4n) is 3.08. The van der Waals surface area contributed by atoms with Gasteiger partial charge in [0.1, 0.15) is 6.07 Å². The predicted octanol–water partition coefficient (Wildman–Crippen LogP) is 3.75. The standard InChI is InChI=1S/C19H19N3O/c1-3-4-7-17-16(12-20)15-11-13(8-9-18(15)22(17)2)14-6-5-10-21-19(14)23/h5-6,8-11H,3-4,7H2,1-2H3,(H,21,23). The molecule has 4 heteroatoms. The fourth-order valence-corrected chi connectivity index (χ4v) is 3.08. The molecule has 0 spiro atoms. The van der Waals surface area contributed by atoms with Crippen LogP contribution >= 0.6 is 0 Å². The third-order valence-corrected chi connectivity index (χ3v) is 4.33. The van der Waals surface area contributed by atoms with Crippen molar-refractivity contribution in [3.63, 3.8) is 0 Å². The molecule has 0 saturated heterocycles. The molecule has 0 fully saturated rings. The Morgan fingerprint density at radius 1 is 1.30 bits per heavy atom. The smallest absolute Gasteiger partial charge is 0.255 e. The number of fused-ring (bicyclic) bond motifs is 1. The number of hydrogen-bond acceptors (Lipinski definition) is 2. The SMILES string of the molecule is CCCCc1c(C#N)c2cc(-c3ccc[nH]c3=O)ccc2n1C. The second-order valence-electron chi connectivity index (χ2n) is 5.74. The molecule has 1 aromatic carbocycles. The molecule has 3 rings (SSSR count). The summed E-state index contributed by atoms with van der Waals surface area (Å²) in [4.78, 5) is 14.7. The Morgan fingerprint density at radius 2 is 2.13 bits per heavy atom. The molecule has 4 nitrogen and oxygen atoms in total. The van der Waals surface area contributed by atoms with Gasteiger partial charge in [-0.05, 0) is 42.7 Å². The molecular weight excluding hydrogens is 286 g/mol. The van der Waals surface area contributed by atoms with E-state index in [2.05, 4.69) is 22.5 Å². The van der Waals surface area contributed by atoms with Gasteiger partial charge in [-0.2, -0.15) is 5.26 Å². The van der Waals surface area contributed by atoms with E-state index in [1.807, 2.05) is 31.3 Å². The maximum atomic E-state index is 12.0. The molecule has 2 aromatic heterocycles. The summed E-state index contributed by atoms with van der Waals surface area (Å²) in [5, 5.41) is 10.5. The lowest BCUT2D eigenvalue weighted by atomic mass is 10.0. The molecule has 0 amide bonds. The number of nitrogens with zero attached hydrogens (tertiary/aromatic N) is 2. The summed E-state index contributed by atoms with van der Waals surface area (Å²) in [5.74, 6) is 0. The minimum Gasteiger partial charge on any atom is -0.346 e. The maximum Gasteiger partial charge on any atom is 0.255 e. The zero-order valence-electron chi connectivity index (χ0n) is 13.4. The molecule has 0 aliphatic rings. The van der Waals surface area contributed by atoms with E-state index in [4.69, 9.17) is 0 Å². The van der Waals surface area contributed by atoms with Gasteiger partial charge in [0.15, 0.2) is 0 Å². The summed E-state index contributed by atoms with van der Waals surface area (Å²) in [6, 6.07) is 11.9. The molecule has 0 saturated carbocycles. The van der Waals surface area contributed by atoms with Gasteiger partial charge in [0.2, 0.25) is 0 Å². The number of aryl methyl sites for hydroxylation is 1. The fraction of sp³-hybridized carbons (Fsp3) is 0.263. The van der Waals surface area contributed by atoms with Gasteiger partial charge in [-0.3, -0.25) is 4.79 Å². The summed E-state index contributed by atoms with van der Waals surface area (Å²) in [6.45, 7) is 2.15. The number of H-pyrrole nitrogens is 1. The third kappa shape index (κ3) is 2.55. The maximum absolute atomic E-state index is 12.0. The van der Waals surface area contributed by atoms with E-state index in [0.717, 1.165) is 47.0 Å². The van der Waals surface area contributed by atoms with E-state index in [9.17, 15) is 10.1 Å². The molecule has 2 heterocycles. The summed E-state index contributed by atoms with van der Waals surface area (Å²) in [6.07, 6.45) is 4.67. The average molecular weight is 305 g/mol. The monoisotopic (exact) mass is 305 g/mol. The van der Waals surface area contributed by atoms with Gasteiger partial charge in [-0.1, -0.05) is 19.4 Å². The molecular formula is C19H19N3O. The zero-order chi connectivity index (χ0) is 16.4. The largest absolute Gasteiger partial charge is 0.346 e. The molecule has 23 heavy (non-hydrogen) atoms. The van der Waals surface area contributed by atoms with Crippen LogP contribution in [0.5, 0.6) is 0 Å². The Bertz CT molecular complexity index is 957. The number of pyridine rings is 1. The van der Waals surface area contributed by atoms with Crippen molar-refractivity contribution in [2.24, 2.45) is 7.05 Å². The quantitative estimate of drug-likeness (QED) is 0.798. The van der Waals surface area contributed by atoms with Crippen LogP contribution < -0.4 is 5.56 Å². The van der Waals surface area contributed by atoms with E-state index in [1.54, 1.807) is 12.3 Å². The highest BCUT2D eigenvalue weighted by atomic mass is 16.1. The van der Waals surface area contributed by atoms with Gasteiger partial charge in [-0.25, -0.2) is 0 Å². The second kappa shape index (κ2) is 6.13. The van der Waals surface area contributed by atoms with E-state index in [-0.39, 0.29) is 5.56 Å². The van der Waals surface area contributed by atoms with Crippen LogP contribution in [-0.2, 0) is 13.5 Å². The van der Waals surface area contributed by atoms with Crippen LogP contribution in [0, 0.1) is 11.3 Å². The molecule has 0 unspecified atom stereocenters. The van der Waals surface area contributed by atoms with Gasteiger partial charge in [0.05, 0.1) is 5.56 Å². The van der Waals surface area contributed by atoms with Crippen LogP contribution in [-0.4, -0.2) is 9.55 Å². The van der Waals surface area contributed by atoms with Crippen molar-refractivity contribution in [1.29, 1.82) is 5.26 Å². The normalized spacial score (nSPS) is 10.8. The number of hydrogen-bond donors (Lipinski definition) is 1. The molecule has 0 bridgehead atoms. The lowest BCUT2D eigenvalue weighted by molar-refractivity contribution is 0.740. The van der Waals surface area contributed by atoms with E-state index in [1.165, 1.54) is 0 Å². The van der Waals surface area contributed by atoms with Crippen molar-refractivity contribution in [1.82, 2.24) is 9.55 Å². The first-order valence-corrected chi connectivity index (χ1v) is 7.86. The number of aromatic amines is 1. The van der Waals surface area contributed by atoms with Gasteiger partial charge < -0.3 is 9.55 Å². The zero-order valence-corrected chi connectivity index (χ0v) is 13.4. The molecule has 0 radical (unpaired) electrons. The van der Waals surface area contributed by atoms with Crippen LogP contribution in [0.4, 0.5) is 0 Å². The number of aromatic nitrogens is 2. The predicted molar refractivity (Wildman–Crippen MR) is 92.3 cm³/mol. The van der Waals surface area contributed by atoms with Crippen LogP contribution in [0.2, 0.25) is 0 Å². The molecule has 116 valence electrons. The minimum absolute atomic E-state index is 0.118. The molecule has 0 aliphatic carbocycles. The van der Waals surface area contributed by atoms with Crippen molar-refractivity contribution in [3.8, 4) is 17.2 Å². The Hall–Kier alpha value is -2.80. The highest BCUT2D eigenvalue weighted by Gasteiger charge is 2.15. The number of rotatable bonds is 4. The second-order valence-corrected chi connectivity index (χ2v) is 5.74. The average Bonchev–Trinajstić information content (AvgIpc) is 2.84. The lowest BCUT2D eigenvalue weighted by Crippen LogP contribution is -2.06. The highest BCUT2D eigenvalue weighted by molar-refractivity contribution is 5.91. The highest BCUT2D eigenvalue weighted by Crippen LogP contribution is 2.29. The Labute approximate surface area is 135 Å². The number of nitriles is 1. The van der Waals surface area contributed by atoms with Crippen molar-refractivity contribution in [3.05, 3.63) is 58.1 Å². The number of nitrogens with one attached hydrogen (secondary N) is 1. The lowest BCUT2D eigenvalue weighted by Gasteiger charge is -2.04. The summed E-state index contributed by atoms with van der Waals surface area (Å²) >= 11 is 0. The first-order chi connectivity index (χ1) is 11.2. The first kappa shape index (κ1) is 15.1. The molecule has 0 aliphatic heterocycles. The number of benzene rings is 1. The number of unbranched alkanes of at least 4 members (excludes halogenated alkanes) is 1. The van der Waals surface area contributed by atoms with Gasteiger partial charge >= 0.3 is 0 Å². The van der Waals surface area contributed by atoms with Crippen molar-refractivity contribution in [2.45, 2.75) is 26.2 Å². The van der Waals surface area contributed by atoms with Crippen LogP contribution in [0.15, 0.2) is 41.3 Å². The third-order valence-electron chi connectivity index (χ3n) is 4.33. The Morgan fingerprint density at radius 3 is 2.83 bits per heavy atom. The van der Waals surface area contributed by atoms with Crippen molar-refractivity contribution >= 4 is 10.9 Å². The van der Waals surface area contributed by atoms with Crippen LogP contribution in [0.1, 0.15) is 31.0 Å². The van der Waals surface area contributed by atoms with Gasteiger partial charge in [-0.15, -0.1) is 0 Å². The van der Waals surface area contributed by atoms with Gasteiger partial charge in [0.25, 0.3) is 5.56 Å². The van der Waals surface area contributed by atoms with E-state index in [0.29, 0.717) is 5.56 Å². The van der Waals surface area contributed by atoms with Crippen molar-refractivity contribution in [2.75, 3.05) is 0 Å². The molecule has 3 aromatic rings. The molecule has 1 N–H and O–H groups in total. The first-order valence-electron chi connectivity index (χ1n) is 7.86. The summed E-state index contributed by atoms with van der Waals surface area (Å²) in [5.41, 5.74) is 4.17. The van der Waals surface area contributed by atoms with Gasteiger partial charge in [0, 0.05) is 35.4 Å². The summed E-state index contributed by atoms with van der Waals surface area (Å²) < 4.78 is 2.10. The van der Waals surface area contributed by atoms with Crippen LogP contribution in [0.25, 0.3) is 22.0 Å². The van der Waals surface area contributed by atoms with Crippen molar-refractivity contribution < 1.29 is 0 Å². The van der Waals surface area contributed by atoms with E-state index < -0.39 is 0 Å².